The Balaban J connectivity index is 1.27. The summed E-state index contributed by atoms with van der Waals surface area (Å²) in [5.41, 5.74) is 0. The number of aliphatic hydroxyl groups excluding tert-OH is 4. The normalized spacial score (nSPS) is 24.2. The zero-order chi connectivity index (χ0) is 22.8. The molecule has 1 aromatic carbocycles. The maximum absolute atomic E-state index is 9.90. The first-order valence-corrected chi connectivity index (χ1v) is 11.1. The maximum Gasteiger partial charge on any atom is 0.222 e. The Morgan fingerprint density at radius 3 is 2.28 bits per heavy atom. The molecule has 0 aliphatic carbocycles. The fraction of sp³-hybridized carbons (Fsp3) is 0.565. The van der Waals surface area contributed by atoms with Gasteiger partial charge < -0.3 is 29.9 Å². The van der Waals surface area contributed by atoms with E-state index < -0.39 is 24.4 Å². The highest BCUT2D eigenvalue weighted by Crippen LogP contribution is 2.18. The van der Waals surface area contributed by atoms with Crippen molar-refractivity contribution in [2.24, 2.45) is 0 Å². The number of ether oxygens (including phenoxy) is 2. The van der Waals surface area contributed by atoms with Crippen molar-refractivity contribution in [3.8, 4) is 11.6 Å². The average molecular weight is 448 g/mol. The molecule has 0 spiro atoms. The number of aromatic nitrogens is 2. The molecule has 3 rings (SSSR count). The summed E-state index contributed by atoms with van der Waals surface area (Å²) in [5.74, 6) is 1.77. The molecule has 0 radical (unpaired) electrons. The molecule has 0 saturated carbocycles. The second-order valence-corrected chi connectivity index (χ2v) is 8.07. The molecule has 4 N–H and O–H groups in total. The first-order valence-electron chi connectivity index (χ1n) is 11.1. The van der Waals surface area contributed by atoms with Crippen LogP contribution in [0.3, 0.4) is 0 Å². The molecule has 9 heteroatoms. The number of likely N-dealkylation sites (tertiary alicyclic amines) is 1. The monoisotopic (exact) mass is 447 g/mol. The van der Waals surface area contributed by atoms with Crippen LogP contribution in [0.4, 0.5) is 0 Å². The second-order valence-electron chi connectivity index (χ2n) is 8.07. The minimum Gasteiger partial charge on any atom is -0.439 e. The molecule has 1 aliphatic rings. The highest BCUT2D eigenvalue weighted by atomic mass is 16.5. The van der Waals surface area contributed by atoms with Crippen molar-refractivity contribution in [2.45, 2.75) is 56.7 Å². The van der Waals surface area contributed by atoms with Crippen molar-refractivity contribution in [3.63, 3.8) is 0 Å². The molecule has 4 atom stereocenters. The van der Waals surface area contributed by atoms with E-state index in [1.54, 1.807) is 12.3 Å². The number of hydrogen-bond donors (Lipinski definition) is 4. The van der Waals surface area contributed by atoms with Gasteiger partial charge >= 0.3 is 0 Å². The number of β-amino-alcohol motifs (C(OH)–C–C–N with tert-alkyl or cyclic N) is 2. The summed E-state index contributed by atoms with van der Waals surface area (Å²) in [6.45, 7) is 2.10. The molecule has 1 fully saturated rings. The number of rotatable bonds is 11. The molecule has 0 unspecified atom stereocenters. The maximum atomic E-state index is 9.90. The largest absolute Gasteiger partial charge is 0.439 e. The third kappa shape index (κ3) is 7.77. The van der Waals surface area contributed by atoms with Crippen molar-refractivity contribution in [1.82, 2.24) is 14.9 Å². The molecule has 1 aromatic heterocycles. The summed E-state index contributed by atoms with van der Waals surface area (Å²) in [7, 11) is 0. The smallest absolute Gasteiger partial charge is 0.222 e. The van der Waals surface area contributed by atoms with Gasteiger partial charge in [0.15, 0.2) is 5.82 Å². The highest BCUT2D eigenvalue weighted by Gasteiger charge is 2.35. The molecule has 1 aliphatic heterocycles. The molecule has 2 aromatic rings. The molecule has 9 nitrogen and oxygen atoms in total. The van der Waals surface area contributed by atoms with E-state index in [0.29, 0.717) is 31.5 Å². The summed E-state index contributed by atoms with van der Waals surface area (Å²) in [4.78, 5) is 10.5. The Morgan fingerprint density at radius 1 is 0.875 bits per heavy atom. The van der Waals surface area contributed by atoms with Crippen molar-refractivity contribution < 1.29 is 29.9 Å². The molecular weight excluding hydrogens is 414 g/mol. The summed E-state index contributed by atoms with van der Waals surface area (Å²) < 4.78 is 11.4. The zero-order valence-electron chi connectivity index (χ0n) is 18.2. The zero-order valence-corrected chi connectivity index (χ0v) is 18.2. The van der Waals surface area contributed by atoms with Crippen molar-refractivity contribution in [3.05, 3.63) is 48.4 Å². The van der Waals surface area contributed by atoms with Gasteiger partial charge in [0.25, 0.3) is 0 Å². The van der Waals surface area contributed by atoms with Crippen LogP contribution >= 0.6 is 0 Å². The fourth-order valence-electron chi connectivity index (χ4n) is 3.63. The van der Waals surface area contributed by atoms with Gasteiger partial charge in [0, 0.05) is 32.0 Å². The number of para-hydroxylation sites is 1. The van der Waals surface area contributed by atoms with Gasteiger partial charge in [0.2, 0.25) is 5.88 Å². The van der Waals surface area contributed by atoms with Crippen LogP contribution in [-0.4, -0.2) is 86.0 Å². The number of benzene rings is 1. The number of nitrogens with zero attached hydrogens (tertiary/aromatic N) is 3. The van der Waals surface area contributed by atoms with E-state index in [1.807, 2.05) is 35.2 Å². The third-order valence-corrected chi connectivity index (χ3v) is 5.42. The minimum absolute atomic E-state index is 0.242. The number of hydrogen-bond acceptors (Lipinski definition) is 9. The topological polar surface area (TPSA) is 128 Å². The number of unbranched alkanes of at least 4 members (excludes halogenated alkanes) is 3. The Morgan fingerprint density at radius 2 is 1.56 bits per heavy atom. The van der Waals surface area contributed by atoms with Gasteiger partial charge in [-0.3, -0.25) is 4.90 Å². The summed E-state index contributed by atoms with van der Waals surface area (Å²) in [6, 6.07) is 11.2. The van der Waals surface area contributed by atoms with Crippen LogP contribution in [0, 0.1) is 0 Å². The van der Waals surface area contributed by atoms with E-state index in [9.17, 15) is 20.4 Å². The van der Waals surface area contributed by atoms with Gasteiger partial charge in [-0.1, -0.05) is 31.0 Å². The van der Waals surface area contributed by atoms with Crippen LogP contribution in [0.1, 0.15) is 31.5 Å². The van der Waals surface area contributed by atoms with Crippen LogP contribution < -0.4 is 4.74 Å². The molecule has 0 amide bonds. The summed E-state index contributed by atoms with van der Waals surface area (Å²) >= 11 is 0. The Kier molecular flexibility index (Phi) is 9.79. The van der Waals surface area contributed by atoms with Crippen molar-refractivity contribution in [2.75, 3.05) is 26.2 Å². The van der Waals surface area contributed by atoms with E-state index in [4.69, 9.17) is 9.47 Å². The summed E-state index contributed by atoms with van der Waals surface area (Å²) in [5, 5.41) is 39.3. The number of aliphatic hydroxyl groups is 4. The lowest BCUT2D eigenvalue weighted by Crippen LogP contribution is -2.43. The van der Waals surface area contributed by atoms with Gasteiger partial charge in [0.1, 0.15) is 24.6 Å². The van der Waals surface area contributed by atoms with Gasteiger partial charge in [-0.15, -0.1) is 0 Å². The Bertz CT molecular complexity index is 780. The molecule has 176 valence electrons. The van der Waals surface area contributed by atoms with Crippen LogP contribution in [0.5, 0.6) is 11.6 Å². The predicted octanol–water partition coefficient (Wildman–Crippen LogP) is 1.11. The van der Waals surface area contributed by atoms with Crippen LogP contribution in [-0.2, 0) is 11.3 Å². The first kappa shape index (κ1) is 24.5. The van der Waals surface area contributed by atoms with Crippen molar-refractivity contribution >= 4 is 0 Å². The lowest BCUT2D eigenvalue weighted by atomic mass is 10.1. The lowest BCUT2D eigenvalue weighted by Gasteiger charge is -2.23. The minimum atomic E-state index is -1.32. The average Bonchev–Trinajstić information content (AvgIpc) is 2.88. The van der Waals surface area contributed by atoms with E-state index in [2.05, 4.69) is 9.97 Å². The van der Waals surface area contributed by atoms with Crippen LogP contribution in [0.15, 0.2) is 42.6 Å². The third-order valence-electron chi connectivity index (χ3n) is 5.42. The molecule has 0 bridgehead atoms. The quantitative estimate of drug-likeness (QED) is 0.374. The van der Waals surface area contributed by atoms with E-state index in [1.165, 1.54) is 0 Å². The first-order chi connectivity index (χ1) is 15.5. The molecule has 32 heavy (non-hydrogen) atoms. The van der Waals surface area contributed by atoms with E-state index in [-0.39, 0.29) is 13.1 Å². The van der Waals surface area contributed by atoms with Gasteiger partial charge in [-0.05, 0) is 31.5 Å². The van der Waals surface area contributed by atoms with E-state index in [0.717, 1.165) is 31.4 Å². The molecule has 2 heterocycles. The van der Waals surface area contributed by atoms with Crippen molar-refractivity contribution in [1.29, 1.82) is 0 Å². The predicted molar refractivity (Wildman–Crippen MR) is 117 cm³/mol. The molecular formula is C23H33N3O6. The Labute approximate surface area is 188 Å². The second kappa shape index (κ2) is 12.8. The van der Waals surface area contributed by atoms with Crippen LogP contribution in [0.2, 0.25) is 0 Å². The summed E-state index contributed by atoms with van der Waals surface area (Å²) in [6.07, 6.45) is 0.665. The fourth-order valence-corrected chi connectivity index (χ4v) is 3.63. The van der Waals surface area contributed by atoms with Gasteiger partial charge in [0.05, 0.1) is 12.2 Å². The SMILES string of the molecule is O[C@H]1[C@H](O)[C@@H](O)CN(CCCCCCOCc2nccc(Oc3ccccc3)n2)C[C@@H]1O. The lowest BCUT2D eigenvalue weighted by molar-refractivity contribution is -0.0894. The van der Waals surface area contributed by atoms with E-state index >= 15 is 0 Å². The molecule has 1 saturated heterocycles. The van der Waals surface area contributed by atoms with Gasteiger partial charge in [-0.2, -0.15) is 4.98 Å². The highest BCUT2D eigenvalue weighted by molar-refractivity contribution is 5.26. The Hall–Kier alpha value is -2.14. The standard InChI is InChI=1S/C23H33N3O6/c27-18-14-26(15-19(28)23(30)22(18)29)12-6-1-2-7-13-31-16-20-24-11-10-21(25-20)32-17-8-4-3-5-9-17/h3-5,8-11,18-19,22-23,27-30H,1-2,6-7,12-16H2/t18-,19-,22+,23+/m0/s1. The van der Waals surface area contributed by atoms with Crippen LogP contribution in [0.25, 0.3) is 0 Å². The van der Waals surface area contributed by atoms with Gasteiger partial charge in [-0.25, -0.2) is 4.98 Å².